The van der Waals surface area contributed by atoms with Crippen LogP contribution in [0, 0.1) is 0 Å². The highest BCUT2D eigenvalue weighted by Crippen LogP contribution is 2.32. The summed E-state index contributed by atoms with van der Waals surface area (Å²) in [6.45, 7) is 1.98. The summed E-state index contributed by atoms with van der Waals surface area (Å²) in [4.78, 5) is 14.8. The van der Waals surface area contributed by atoms with Crippen molar-refractivity contribution in [3.05, 3.63) is 60.0 Å². The Balaban J connectivity index is 1.55. The molecular formula is C23H24N4O4. The summed E-state index contributed by atoms with van der Waals surface area (Å²) in [6.07, 6.45) is 5.57. The molecule has 31 heavy (non-hydrogen) atoms. The number of hydrogen-bond donors (Lipinski definition) is 0. The number of carbonyl (C=O) groups excluding carboxylic acids is 1. The minimum atomic E-state index is -0.215. The summed E-state index contributed by atoms with van der Waals surface area (Å²) >= 11 is 0. The molecule has 2 heterocycles. The van der Waals surface area contributed by atoms with Gasteiger partial charge >= 0.3 is 6.03 Å². The van der Waals surface area contributed by atoms with Gasteiger partial charge in [0.15, 0.2) is 11.5 Å². The van der Waals surface area contributed by atoms with E-state index in [9.17, 15) is 4.79 Å². The molecule has 0 bridgehead atoms. The molecule has 0 saturated carbocycles. The van der Waals surface area contributed by atoms with E-state index < -0.39 is 0 Å². The molecule has 0 saturated heterocycles. The van der Waals surface area contributed by atoms with E-state index in [1.807, 2.05) is 43.3 Å². The molecule has 4 rings (SSSR count). The molecule has 0 radical (unpaired) electrons. The predicted molar refractivity (Wildman–Crippen MR) is 118 cm³/mol. The van der Waals surface area contributed by atoms with E-state index in [1.165, 1.54) is 5.01 Å². The number of methoxy groups -OCH3 is 2. The molecule has 0 N–H and O–H groups in total. The van der Waals surface area contributed by atoms with Crippen LogP contribution in [0.25, 0.3) is 11.1 Å². The van der Waals surface area contributed by atoms with Gasteiger partial charge in [0, 0.05) is 23.9 Å². The van der Waals surface area contributed by atoms with Crippen molar-refractivity contribution >= 4 is 17.9 Å². The Bertz CT molecular complexity index is 1090. The Morgan fingerprint density at radius 3 is 2.48 bits per heavy atom. The molecule has 2 amide bonds. The van der Waals surface area contributed by atoms with E-state index in [0.717, 1.165) is 27.9 Å². The van der Waals surface area contributed by atoms with Crippen molar-refractivity contribution in [2.45, 2.75) is 19.4 Å². The van der Waals surface area contributed by atoms with E-state index in [2.05, 4.69) is 10.3 Å². The maximum absolute atomic E-state index is 13.2. The molecule has 8 nitrogen and oxygen atoms in total. The van der Waals surface area contributed by atoms with Crippen molar-refractivity contribution in [3.8, 4) is 22.6 Å². The van der Waals surface area contributed by atoms with Crippen LogP contribution in [0.15, 0.2) is 58.5 Å². The maximum atomic E-state index is 13.2. The molecule has 1 unspecified atom stereocenters. The fraction of sp³-hybridized carbons (Fsp3) is 0.261. The number of hydrogen-bond acceptors (Lipinski definition) is 6. The van der Waals surface area contributed by atoms with E-state index in [1.54, 1.807) is 44.8 Å². The molecule has 0 spiro atoms. The first-order valence-electron chi connectivity index (χ1n) is 9.87. The molecule has 160 valence electrons. The predicted octanol–water partition coefficient (Wildman–Crippen LogP) is 4.20. The van der Waals surface area contributed by atoms with Gasteiger partial charge in [-0.05, 0) is 48.7 Å². The number of aromatic nitrogens is 1. The molecular weight excluding hydrogens is 396 g/mol. The summed E-state index contributed by atoms with van der Waals surface area (Å²) in [5.74, 6) is 1.29. The second-order valence-corrected chi connectivity index (χ2v) is 7.35. The third-order valence-electron chi connectivity index (χ3n) is 5.40. The van der Waals surface area contributed by atoms with Gasteiger partial charge in [0.05, 0.1) is 32.7 Å². The van der Waals surface area contributed by atoms with Crippen LogP contribution in [-0.2, 0) is 6.42 Å². The number of carbonyl (C=O) groups is 1. The lowest BCUT2D eigenvalue weighted by molar-refractivity contribution is 0.190. The molecule has 8 heteroatoms. The van der Waals surface area contributed by atoms with Crippen LogP contribution >= 0.6 is 0 Å². The lowest BCUT2D eigenvalue weighted by Crippen LogP contribution is -2.43. The van der Waals surface area contributed by atoms with Crippen LogP contribution in [0.4, 0.5) is 10.5 Å². The van der Waals surface area contributed by atoms with Gasteiger partial charge < -0.3 is 14.0 Å². The topological polar surface area (TPSA) is 80.4 Å². The highest BCUT2D eigenvalue weighted by Gasteiger charge is 2.27. The van der Waals surface area contributed by atoms with Crippen LogP contribution in [0.3, 0.4) is 0 Å². The van der Waals surface area contributed by atoms with E-state index >= 15 is 0 Å². The number of nitrogens with zero attached hydrogens (tertiary/aromatic N) is 4. The summed E-state index contributed by atoms with van der Waals surface area (Å²) < 4.78 is 15.7. The Labute approximate surface area is 180 Å². The number of ether oxygens (including phenoxy) is 2. The summed E-state index contributed by atoms with van der Waals surface area (Å²) in [5, 5.41) is 9.71. The largest absolute Gasteiger partial charge is 0.493 e. The van der Waals surface area contributed by atoms with Gasteiger partial charge in [0.25, 0.3) is 0 Å². The lowest BCUT2D eigenvalue weighted by Gasteiger charge is -2.28. The minimum absolute atomic E-state index is 0.137. The van der Waals surface area contributed by atoms with Gasteiger partial charge in [-0.2, -0.15) is 5.10 Å². The van der Waals surface area contributed by atoms with Gasteiger partial charge in [-0.25, -0.2) is 9.80 Å². The average molecular weight is 420 g/mol. The zero-order valence-corrected chi connectivity index (χ0v) is 17.9. The zero-order valence-electron chi connectivity index (χ0n) is 17.9. The van der Waals surface area contributed by atoms with Crippen LogP contribution in [0.2, 0.25) is 0 Å². The summed E-state index contributed by atoms with van der Waals surface area (Å²) in [6, 6.07) is 11.1. The Hall–Kier alpha value is -3.81. The molecule has 1 aromatic heterocycles. The molecule has 1 atom stereocenters. The summed E-state index contributed by atoms with van der Waals surface area (Å²) in [5.41, 5.74) is 4.56. The molecule has 3 aromatic rings. The van der Waals surface area contributed by atoms with Gasteiger partial charge in [-0.15, -0.1) is 0 Å². The first-order chi connectivity index (χ1) is 15.0. The fourth-order valence-electron chi connectivity index (χ4n) is 3.60. The smallest absolute Gasteiger partial charge is 0.344 e. The normalized spacial score (nSPS) is 15.2. The Morgan fingerprint density at radius 1 is 1.13 bits per heavy atom. The lowest BCUT2D eigenvalue weighted by atomic mass is 10.0. The Morgan fingerprint density at radius 2 is 1.84 bits per heavy atom. The van der Waals surface area contributed by atoms with Crippen molar-refractivity contribution in [2.24, 2.45) is 5.10 Å². The number of rotatable bonds is 4. The third-order valence-corrected chi connectivity index (χ3v) is 5.40. The van der Waals surface area contributed by atoms with Crippen molar-refractivity contribution in [1.82, 2.24) is 10.2 Å². The summed E-state index contributed by atoms with van der Waals surface area (Å²) in [7, 11) is 4.94. The standard InChI is InChI=1S/C23H24N4O4/c1-15-9-17-10-21(29-3)22(30-4)11-18(17)12-24-27(15)23(28)26(2)20-7-5-16(6-8-20)19-13-25-31-14-19/h5-8,10-15H,9H2,1-4H3. The molecule has 0 fully saturated rings. The van der Waals surface area contributed by atoms with E-state index in [-0.39, 0.29) is 12.1 Å². The number of anilines is 1. The van der Waals surface area contributed by atoms with Gasteiger partial charge in [0.1, 0.15) is 6.26 Å². The van der Waals surface area contributed by atoms with E-state index in [4.69, 9.17) is 14.0 Å². The molecule has 0 aliphatic carbocycles. The molecule has 1 aliphatic heterocycles. The third kappa shape index (κ3) is 3.96. The fourth-order valence-corrected chi connectivity index (χ4v) is 3.60. The first kappa shape index (κ1) is 20.5. The first-order valence-corrected chi connectivity index (χ1v) is 9.87. The van der Waals surface area contributed by atoms with Crippen molar-refractivity contribution in [2.75, 3.05) is 26.2 Å². The SMILES string of the molecule is COc1cc2c(cc1OC)CC(C)N(C(=O)N(C)c1ccc(-c3cnoc3)cc1)N=C2. The number of benzene rings is 2. The molecule has 2 aromatic carbocycles. The second-order valence-electron chi connectivity index (χ2n) is 7.35. The monoisotopic (exact) mass is 420 g/mol. The molecule has 1 aliphatic rings. The van der Waals surface area contributed by atoms with Gasteiger partial charge in [0.2, 0.25) is 0 Å². The van der Waals surface area contributed by atoms with Crippen LogP contribution in [-0.4, -0.2) is 49.7 Å². The minimum Gasteiger partial charge on any atom is -0.493 e. The average Bonchev–Trinajstić information content (AvgIpc) is 3.28. The Kier molecular flexibility index (Phi) is 5.62. The van der Waals surface area contributed by atoms with Crippen molar-refractivity contribution < 1.29 is 18.8 Å². The van der Waals surface area contributed by atoms with Crippen molar-refractivity contribution in [1.29, 1.82) is 0 Å². The van der Waals surface area contributed by atoms with Crippen LogP contribution in [0.1, 0.15) is 18.1 Å². The highest BCUT2D eigenvalue weighted by atomic mass is 16.5. The van der Waals surface area contributed by atoms with E-state index in [0.29, 0.717) is 17.9 Å². The zero-order chi connectivity index (χ0) is 22.0. The number of fused-ring (bicyclic) bond motifs is 1. The quantitative estimate of drug-likeness (QED) is 0.632. The maximum Gasteiger partial charge on any atom is 0.344 e. The van der Waals surface area contributed by atoms with Crippen LogP contribution in [0.5, 0.6) is 11.5 Å². The van der Waals surface area contributed by atoms with Gasteiger partial charge in [-0.1, -0.05) is 17.3 Å². The van der Waals surface area contributed by atoms with Gasteiger partial charge in [-0.3, -0.25) is 4.90 Å². The van der Waals surface area contributed by atoms with Crippen molar-refractivity contribution in [3.63, 3.8) is 0 Å². The number of amides is 2. The van der Waals surface area contributed by atoms with Crippen LogP contribution < -0.4 is 14.4 Å². The second kappa shape index (κ2) is 8.51. The number of urea groups is 1. The highest BCUT2D eigenvalue weighted by molar-refractivity contribution is 5.93. The number of hydrazone groups is 1.